The summed E-state index contributed by atoms with van der Waals surface area (Å²) in [7, 11) is -3.39. The molecular weight excluding hydrogens is 375 g/mol. The van der Waals surface area contributed by atoms with Crippen molar-refractivity contribution in [1.82, 2.24) is 4.31 Å². The van der Waals surface area contributed by atoms with Crippen LogP contribution in [0.15, 0.2) is 34.5 Å². The van der Waals surface area contributed by atoms with Gasteiger partial charge in [-0.1, -0.05) is 23.2 Å². The van der Waals surface area contributed by atoms with Crippen LogP contribution in [0.3, 0.4) is 0 Å². The molecule has 1 aromatic heterocycles. The first-order valence-electron chi connectivity index (χ1n) is 7.14. The zero-order valence-corrected chi connectivity index (χ0v) is 15.6. The number of anilines is 1. The number of hydrogen-bond acceptors (Lipinski definition) is 4. The lowest BCUT2D eigenvalue weighted by atomic mass is 10.2. The molecule has 0 bridgehead atoms. The van der Waals surface area contributed by atoms with Crippen molar-refractivity contribution in [2.75, 3.05) is 31.1 Å². The van der Waals surface area contributed by atoms with Gasteiger partial charge in [0.25, 0.3) is 10.0 Å². The maximum atomic E-state index is 12.6. The van der Waals surface area contributed by atoms with Crippen LogP contribution in [-0.4, -0.2) is 38.9 Å². The molecule has 0 saturated carbocycles. The fourth-order valence-electron chi connectivity index (χ4n) is 2.59. The minimum absolute atomic E-state index is 0.411. The van der Waals surface area contributed by atoms with Crippen molar-refractivity contribution >= 4 is 50.2 Å². The number of rotatable bonds is 3. The first-order valence-corrected chi connectivity index (χ1v) is 10.1. The molecule has 1 aromatic carbocycles. The first kappa shape index (κ1) is 17.0. The van der Waals surface area contributed by atoms with Gasteiger partial charge in [0.15, 0.2) is 0 Å². The summed E-state index contributed by atoms with van der Waals surface area (Å²) in [4.78, 5) is 3.10. The number of thiophene rings is 1. The van der Waals surface area contributed by atoms with Crippen LogP contribution >= 0.6 is 34.5 Å². The van der Waals surface area contributed by atoms with E-state index in [-0.39, 0.29) is 0 Å². The van der Waals surface area contributed by atoms with E-state index in [0.29, 0.717) is 40.4 Å². The number of piperazine rings is 1. The van der Waals surface area contributed by atoms with Crippen LogP contribution in [-0.2, 0) is 10.0 Å². The van der Waals surface area contributed by atoms with Gasteiger partial charge in [0.2, 0.25) is 0 Å². The summed E-state index contributed by atoms with van der Waals surface area (Å²) in [6.45, 7) is 4.03. The molecule has 23 heavy (non-hydrogen) atoms. The molecule has 1 aliphatic rings. The highest BCUT2D eigenvalue weighted by atomic mass is 35.5. The zero-order valence-electron chi connectivity index (χ0n) is 12.5. The summed E-state index contributed by atoms with van der Waals surface area (Å²) in [5, 5.41) is 1.16. The molecule has 1 aliphatic heterocycles. The monoisotopic (exact) mass is 390 g/mol. The van der Waals surface area contributed by atoms with Gasteiger partial charge in [0, 0.05) is 46.8 Å². The number of sulfonamides is 1. The van der Waals surface area contributed by atoms with Crippen molar-refractivity contribution in [3.63, 3.8) is 0 Å². The lowest BCUT2D eigenvalue weighted by molar-refractivity contribution is 0.386. The molecule has 0 spiro atoms. The van der Waals surface area contributed by atoms with E-state index in [0.717, 1.165) is 10.6 Å². The van der Waals surface area contributed by atoms with Gasteiger partial charge in [-0.2, -0.15) is 4.31 Å². The van der Waals surface area contributed by atoms with E-state index >= 15 is 0 Å². The molecule has 2 aromatic rings. The molecule has 3 rings (SSSR count). The van der Waals surface area contributed by atoms with Gasteiger partial charge >= 0.3 is 0 Å². The normalized spacial score (nSPS) is 16.7. The fourth-order valence-corrected chi connectivity index (χ4v) is 5.96. The quantitative estimate of drug-likeness (QED) is 0.798. The summed E-state index contributed by atoms with van der Waals surface area (Å²) in [5.74, 6) is 0. The third-order valence-corrected chi connectivity index (χ3v) is 7.56. The van der Waals surface area contributed by atoms with E-state index in [1.807, 2.05) is 25.1 Å². The summed E-state index contributed by atoms with van der Waals surface area (Å²) in [6.07, 6.45) is 0. The first-order chi connectivity index (χ1) is 10.9. The summed E-state index contributed by atoms with van der Waals surface area (Å²) in [5.41, 5.74) is 0.923. The van der Waals surface area contributed by atoms with Crippen molar-refractivity contribution in [3.8, 4) is 0 Å². The van der Waals surface area contributed by atoms with Crippen LogP contribution in [0.4, 0.5) is 5.69 Å². The van der Waals surface area contributed by atoms with E-state index in [9.17, 15) is 8.42 Å². The van der Waals surface area contributed by atoms with Gasteiger partial charge in [-0.05, 0) is 37.3 Å². The summed E-state index contributed by atoms with van der Waals surface area (Å²) in [6, 6.07) is 8.90. The molecule has 0 radical (unpaired) electrons. The molecule has 0 amide bonds. The Bertz CT molecular complexity index is 792. The van der Waals surface area contributed by atoms with E-state index in [2.05, 4.69) is 4.90 Å². The second-order valence-electron chi connectivity index (χ2n) is 5.38. The Hall–Kier alpha value is -0.790. The molecule has 0 atom stereocenters. The van der Waals surface area contributed by atoms with Crippen LogP contribution in [0, 0.1) is 6.92 Å². The van der Waals surface area contributed by atoms with Crippen molar-refractivity contribution in [2.24, 2.45) is 0 Å². The Kier molecular flexibility index (Phi) is 4.90. The molecule has 0 unspecified atom stereocenters. The Morgan fingerprint density at radius 3 is 2.13 bits per heavy atom. The van der Waals surface area contributed by atoms with Gasteiger partial charge in [-0.3, -0.25) is 0 Å². The van der Waals surface area contributed by atoms with Gasteiger partial charge < -0.3 is 4.90 Å². The summed E-state index contributed by atoms with van der Waals surface area (Å²) < 4.78 is 27.2. The van der Waals surface area contributed by atoms with Crippen LogP contribution < -0.4 is 4.90 Å². The Morgan fingerprint density at radius 2 is 1.61 bits per heavy atom. The number of benzene rings is 1. The van der Waals surface area contributed by atoms with Crippen LogP contribution in [0.2, 0.25) is 10.0 Å². The number of aryl methyl sites for hydroxylation is 1. The third kappa shape index (κ3) is 3.67. The fraction of sp³-hybridized carbons (Fsp3) is 0.333. The molecular formula is C15H16Cl2N2O2S2. The Labute approximate surface area is 150 Å². The molecule has 0 N–H and O–H groups in total. The molecule has 4 nitrogen and oxygen atoms in total. The molecule has 1 fully saturated rings. The minimum Gasteiger partial charge on any atom is -0.369 e. The smallest absolute Gasteiger partial charge is 0.252 e. The van der Waals surface area contributed by atoms with Gasteiger partial charge in [0.1, 0.15) is 4.21 Å². The topological polar surface area (TPSA) is 40.6 Å². The van der Waals surface area contributed by atoms with Crippen LogP contribution in [0.5, 0.6) is 0 Å². The SMILES string of the molecule is Cc1ccc(S(=O)(=O)N2CCN(c3cc(Cl)cc(Cl)c3)CC2)s1. The standard InChI is InChI=1S/C15H16Cl2N2O2S2/c1-11-2-3-15(22-11)23(20,21)19-6-4-18(5-7-19)14-9-12(16)8-13(17)10-14/h2-3,8-10H,4-7H2,1H3. The predicted molar refractivity (Wildman–Crippen MR) is 96.5 cm³/mol. The van der Waals surface area contributed by atoms with E-state index < -0.39 is 10.0 Å². The minimum atomic E-state index is -3.39. The highest BCUT2D eigenvalue weighted by molar-refractivity contribution is 7.91. The van der Waals surface area contributed by atoms with E-state index in [1.165, 1.54) is 11.3 Å². The Morgan fingerprint density at radius 1 is 1.00 bits per heavy atom. The highest BCUT2D eigenvalue weighted by Gasteiger charge is 2.29. The van der Waals surface area contributed by atoms with E-state index in [1.54, 1.807) is 16.4 Å². The average Bonchev–Trinajstić information content (AvgIpc) is 2.94. The van der Waals surface area contributed by atoms with Crippen LogP contribution in [0.25, 0.3) is 0 Å². The molecule has 124 valence electrons. The van der Waals surface area contributed by atoms with Crippen molar-refractivity contribution in [2.45, 2.75) is 11.1 Å². The average molecular weight is 391 g/mol. The van der Waals surface area contributed by atoms with Crippen molar-refractivity contribution < 1.29 is 8.42 Å². The maximum Gasteiger partial charge on any atom is 0.252 e. The van der Waals surface area contributed by atoms with Crippen molar-refractivity contribution in [1.29, 1.82) is 0 Å². The lowest BCUT2D eigenvalue weighted by Gasteiger charge is -2.35. The summed E-state index contributed by atoms with van der Waals surface area (Å²) >= 11 is 13.4. The van der Waals surface area contributed by atoms with E-state index in [4.69, 9.17) is 23.2 Å². The maximum absolute atomic E-state index is 12.6. The number of nitrogens with zero attached hydrogens (tertiary/aromatic N) is 2. The highest BCUT2D eigenvalue weighted by Crippen LogP contribution is 2.28. The van der Waals surface area contributed by atoms with Gasteiger partial charge in [0.05, 0.1) is 0 Å². The van der Waals surface area contributed by atoms with Gasteiger partial charge in [-0.25, -0.2) is 8.42 Å². The molecule has 1 saturated heterocycles. The Balaban J connectivity index is 1.73. The molecule has 8 heteroatoms. The van der Waals surface area contributed by atoms with Crippen molar-refractivity contribution in [3.05, 3.63) is 45.3 Å². The third-order valence-electron chi connectivity index (χ3n) is 3.76. The second-order valence-corrected chi connectivity index (χ2v) is 9.71. The second kappa shape index (κ2) is 6.61. The number of hydrogen-bond donors (Lipinski definition) is 0. The van der Waals surface area contributed by atoms with Crippen LogP contribution in [0.1, 0.15) is 4.88 Å². The molecule has 2 heterocycles. The van der Waals surface area contributed by atoms with Gasteiger partial charge in [-0.15, -0.1) is 11.3 Å². The predicted octanol–water partition coefficient (Wildman–Crippen LogP) is 3.87. The largest absolute Gasteiger partial charge is 0.369 e. The molecule has 0 aliphatic carbocycles. The number of halogens is 2. The zero-order chi connectivity index (χ0) is 16.6. The lowest BCUT2D eigenvalue weighted by Crippen LogP contribution is -2.48.